The zero-order valence-corrected chi connectivity index (χ0v) is 31.4. The molecule has 2 heterocycles. The van der Waals surface area contributed by atoms with E-state index in [0.717, 1.165) is 51.1 Å². The Morgan fingerprint density at radius 2 is 1.64 bits per heavy atom. The minimum absolute atomic E-state index is 0.00811. The number of imidazole rings is 1. The second-order valence-corrected chi connectivity index (χ2v) is 14.4. The zero-order chi connectivity index (χ0) is 37.2. The normalized spacial score (nSPS) is 17.5. The Bertz CT molecular complexity index is 1910. The number of piperidine rings is 1. The van der Waals surface area contributed by atoms with Gasteiger partial charge in [-0.25, -0.2) is 9.78 Å². The fourth-order valence-electron chi connectivity index (χ4n) is 6.99. The average molecular weight is 722 g/mol. The second-order valence-electron chi connectivity index (χ2n) is 14.4. The molecule has 0 unspecified atom stereocenters. The van der Waals surface area contributed by atoms with E-state index in [1.807, 2.05) is 87.9 Å². The molecule has 0 aliphatic carbocycles. The van der Waals surface area contributed by atoms with Crippen molar-refractivity contribution in [2.24, 2.45) is 5.92 Å². The molecule has 3 atom stereocenters. The maximum atomic E-state index is 13.5. The van der Waals surface area contributed by atoms with Crippen molar-refractivity contribution in [2.75, 3.05) is 40.5 Å². The topological polar surface area (TPSA) is 93.5 Å². The van der Waals surface area contributed by atoms with E-state index in [-0.39, 0.29) is 24.0 Å². The Morgan fingerprint density at radius 3 is 2.40 bits per heavy atom. The molecule has 1 amide bonds. The van der Waals surface area contributed by atoms with Gasteiger partial charge in [-0.15, -0.1) is 0 Å². The molecule has 10 heteroatoms. The molecule has 1 aliphatic heterocycles. The number of rotatable bonds is 15. The predicted octanol–water partition coefficient (Wildman–Crippen LogP) is 8.28. The van der Waals surface area contributed by atoms with Crippen molar-refractivity contribution < 1.29 is 33.2 Å². The number of likely N-dealkylation sites (tertiary alicyclic amines) is 1. The number of carbonyl (C=O) groups is 1. The molecule has 0 spiro atoms. The maximum absolute atomic E-state index is 13.5. The van der Waals surface area contributed by atoms with Crippen molar-refractivity contribution in [1.82, 2.24) is 14.5 Å². The number of hydrogen-bond acceptors (Lipinski definition) is 8. The van der Waals surface area contributed by atoms with Crippen molar-refractivity contribution in [2.45, 2.75) is 64.6 Å². The van der Waals surface area contributed by atoms with Crippen LogP contribution in [0.4, 0.5) is 4.79 Å². The fraction of sp³-hybridized carbons (Fsp3) is 0.395. The maximum Gasteiger partial charge on any atom is 0.410 e. The lowest BCUT2D eigenvalue weighted by Crippen LogP contribution is -2.53. The van der Waals surface area contributed by atoms with E-state index < -0.39 is 5.60 Å². The lowest BCUT2D eigenvalue weighted by Gasteiger charge is -2.44. The number of fused-ring (bicyclic) bond motifs is 1. The first kappa shape index (κ1) is 37.7. The minimum Gasteiger partial charge on any atom is -0.496 e. The SMILES string of the molecule is COc1ccccc1COCCCOc1ccc([C@H]2[C@H](Cn3ccnc3)CN(C(=O)OC(C)(C)C)C[C@@H]2OCc2cc(OC)c3ccccc3c2)cc1. The summed E-state index contributed by atoms with van der Waals surface area (Å²) in [6.45, 7) is 9.16. The van der Waals surface area contributed by atoms with Crippen LogP contribution in [0.3, 0.4) is 0 Å². The molecule has 1 aliphatic rings. The van der Waals surface area contributed by atoms with Crippen LogP contribution in [0.2, 0.25) is 0 Å². The molecule has 0 radical (unpaired) electrons. The van der Waals surface area contributed by atoms with Gasteiger partial charge >= 0.3 is 6.09 Å². The number of amides is 1. The van der Waals surface area contributed by atoms with Gasteiger partial charge in [0.1, 0.15) is 22.8 Å². The van der Waals surface area contributed by atoms with E-state index >= 15 is 0 Å². The average Bonchev–Trinajstić information content (AvgIpc) is 3.67. The zero-order valence-electron chi connectivity index (χ0n) is 31.4. The third kappa shape index (κ3) is 10.1. The van der Waals surface area contributed by atoms with E-state index in [1.54, 1.807) is 25.3 Å². The molecule has 0 saturated carbocycles. The Kier molecular flexibility index (Phi) is 12.5. The fourth-order valence-corrected chi connectivity index (χ4v) is 6.99. The predicted molar refractivity (Wildman–Crippen MR) is 205 cm³/mol. The van der Waals surface area contributed by atoms with Crippen molar-refractivity contribution in [1.29, 1.82) is 0 Å². The second kappa shape index (κ2) is 17.6. The van der Waals surface area contributed by atoms with E-state index in [2.05, 4.69) is 39.9 Å². The Hall–Kier alpha value is -5.06. The Morgan fingerprint density at radius 1 is 0.868 bits per heavy atom. The molecule has 0 bridgehead atoms. The van der Waals surface area contributed by atoms with Crippen molar-refractivity contribution >= 4 is 16.9 Å². The van der Waals surface area contributed by atoms with Gasteiger partial charge in [0.15, 0.2) is 0 Å². The first-order chi connectivity index (χ1) is 25.7. The summed E-state index contributed by atoms with van der Waals surface area (Å²) in [5.74, 6) is 2.39. The van der Waals surface area contributed by atoms with Gasteiger partial charge in [-0.2, -0.15) is 0 Å². The van der Waals surface area contributed by atoms with E-state index in [4.69, 9.17) is 28.4 Å². The van der Waals surface area contributed by atoms with Gasteiger partial charge in [-0.3, -0.25) is 0 Å². The van der Waals surface area contributed by atoms with Crippen LogP contribution in [0.5, 0.6) is 17.2 Å². The standard InChI is InChI=1S/C43H51N3O7/c1-43(2,3)53-42(47)46-26-35(25-45-20-19-44-30-45)41(40(27-46)52-28-31-23-33-11-6-8-13-37(33)39(24-31)49-5)32-15-17-36(18-16-32)51-22-10-21-50-29-34-12-7-9-14-38(34)48-4/h6-9,11-20,23-24,30,35,40-41H,10,21-22,25-29H2,1-5H3/t35-,40+,41+/m1/s1. The summed E-state index contributed by atoms with van der Waals surface area (Å²) in [7, 11) is 3.36. The van der Waals surface area contributed by atoms with E-state index in [9.17, 15) is 4.79 Å². The largest absolute Gasteiger partial charge is 0.496 e. The van der Waals surface area contributed by atoms with Gasteiger partial charge in [0, 0.05) is 54.7 Å². The summed E-state index contributed by atoms with van der Waals surface area (Å²) < 4.78 is 37.9. The molecule has 1 saturated heterocycles. The van der Waals surface area contributed by atoms with Crippen LogP contribution in [0.15, 0.2) is 104 Å². The lowest BCUT2D eigenvalue weighted by molar-refractivity contribution is -0.0551. The molecule has 1 aromatic heterocycles. The molecular formula is C43H51N3O7. The number of nitrogens with zero attached hydrogens (tertiary/aromatic N) is 3. The quantitative estimate of drug-likeness (QED) is 0.0998. The van der Waals surface area contributed by atoms with E-state index in [1.165, 1.54) is 0 Å². The summed E-state index contributed by atoms with van der Waals surface area (Å²) in [6.07, 6.45) is 5.63. The molecule has 0 N–H and O–H groups in total. The van der Waals surface area contributed by atoms with Gasteiger partial charge in [0.2, 0.25) is 0 Å². The molecular weight excluding hydrogens is 670 g/mol. The van der Waals surface area contributed by atoms with Gasteiger partial charge in [-0.05, 0) is 67.6 Å². The number of aromatic nitrogens is 2. The Balaban J connectivity index is 1.18. The molecule has 53 heavy (non-hydrogen) atoms. The Labute approximate surface area is 312 Å². The van der Waals surface area contributed by atoms with Crippen LogP contribution in [0, 0.1) is 5.92 Å². The first-order valence-electron chi connectivity index (χ1n) is 18.2. The highest BCUT2D eigenvalue weighted by atomic mass is 16.6. The van der Waals surface area contributed by atoms with Gasteiger partial charge in [-0.1, -0.05) is 54.6 Å². The smallest absolute Gasteiger partial charge is 0.410 e. The van der Waals surface area contributed by atoms with Crippen molar-refractivity contribution in [3.05, 3.63) is 120 Å². The number of para-hydroxylation sites is 1. The summed E-state index contributed by atoms with van der Waals surface area (Å²) in [4.78, 5) is 19.6. The van der Waals surface area contributed by atoms with Crippen LogP contribution in [0.1, 0.15) is 49.8 Å². The van der Waals surface area contributed by atoms with Crippen LogP contribution >= 0.6 is 0 Å². The van der Waals surface area contributed by atoms with Gasteiger partial charge < -0.3 is 37.9 Å². The molecule has 6 rings (SSSR count). The van der Waals surface area contributed by atoms with Gasteiger partial charge in [0.05, 0.1) is 59.6 Å². The summed E-state index contributed by atoms with van der Waals surface area (Å²) in [6, 6.07) is 28.5. The number of benzene rings is 4. The summed E-state index contributed by atoms with van der Waals surface area (Å²) in [5, 5.41) is 2.13. The molecule has 1 fully saturated rings. The van der Waals surface area contributed by atoms with Crippen LogP contribution in [-0.2, 0) is 34.0 Å². The summed E-state index contributed by atoms with van der Waals surface area (Å²) in [5.41, 5.74) is 2.51. The lowest BCUT2D eigenvalue weighted by atomic mass is 9.78. The highest BCUT2D eigenvalue weighted by molar-refractivity contribution is 5.89. The summed E-state index contributed by atoms with van der Waals surface area (Å²) >= 11 is 0. The molecule has 280 valence electrons. The number of hydrogen-bond donors (Lipinski definition) is 0. The van der Waals surface area contributed by atoms with Gasteiger partial charge in [0.25, 0.3) is 0 Å². The third-order valence-corrected chi connectivity index (χ3v) is 9.40. The highest BCUT2D eigenvalue weighted by Crippen LogP contribution is 2.38. The van der Waals surface area contributed by atoms with E-state index in [0.29, 0.717) is 46.1 Å². The van der Waals surface area contributed by atoms with Crippen molar-refractivity contribution in [3.63, 3.8) is 0 Å². The number of methoxy groups -OCH3 is 2. The molecule has 5 aromatic rings. The molecule has 10 nitrogen and oxygen atoms in total. The minimum atomic E-state index is -0.622. The first-order valence-corrected chi connectivity index (χ1v) is 18.2. The number of ether oxygens (including phenoxy) is 6. The van der Waals surface area contributed by atoms with Crippen molar-refractivity contribution in [3.8, 4) is 17.2 Å². The number of carbonyl (C=O) groups excluding carboxylic acids is 1. The van der Waals surface area contributed by atoms with Crippen LogP contribution in [0.25, 0.3) is 10.8 Å². The van der Waals surface area contributed by atoms with Crippen LogP contribution < -0.4 is 14.2 Å². The third-order valence-electron chi connectivity index (χ3n) is 9.40. The molecule has 4 aromatic carbocycles. The monoisotopic (exact) mass is 721 g/mol. The van der Waals surface area contributed by atoms with Crippen LogP contribution in [-0.4, -0.2) is 72.8 Å². The highest BCUT2D eigenvalue weighted by Gasteiger charge is 2.41.